The number of benzene rings is 2. The molecule has 0 spiro atoms. The van der Waals surface area contributed by atoms with Crippen LogP contribution in [0.1, 0.15) is 11.7 Å². The van der Waals surface area contributed by atoms with Crippen molar-refractivity contribution in [3.8, 4) is 11.5 Å². The number of aliphatic hydroxyl groups excluding tert-OH is 1. The summed E-state index contributed by atoms with van der Waals surface area (Å²) in [6, 6.07) is 12.2. The predicted molar refractivity (Wildman–Crippen MR) is 81.7 cm³/mol. The minimum Gasteiger partial charge on any atom is -0.457 e. The zero-order valence-electron chi connectivity index (χ0n) is 9.82. The summed E-state index contributed by atoms with van der Waals surface area (Å²) < 4.78 is 5.65. The van der Waals surface area contributed by atoms with Crippen molar-refractivity contribution in [2.75, 3.05) is 5.33 Å². The number of ether oxygens (including phenoxy) is 1. The van der Waals surface area contributed by atoms with Gasteiger partial charge < -0.3 is 9.84 Å². The third-order valence-electron chi connectivity index (χ3n) is 2.53. The van der Waals surface area contributed by atoms with E-state index in [0.29, 0.717) is 32.4 Å². The summed E-state index contributed by atoms with van der Waals surface area (Å²) in [5.74, 6) is 1.28. The molecule has 0 aliphatic carbocycles. The van der Waals surface area contributed by atoms with Crippen LogP contribution in [0.4, 0.5) is 0 Å². The van der Waals surface area contributed by atoms with E-state index in [9.17, 15) is 5.11 Å². The minimum atomic E-state index is -0.628. The molecule has 0 aliphatic heterocycles. The van der Waals surface area contributed by atoms with Gasteiger partial charge in [-0.15, -0.1) is 0 Å². The molecule has 2 nitrogen and oxygen atoms in total. The summed E-state index contributed by atoms with van der Waals surface area (Å²) in [6.45, 7) is 0. The van der Waals surface area contributed by atoms with Crippen LogP contribution in [-0.2, 0) is 0 Å². The molecule has 0 fully saturated rings. The van der Waals surface area contributed by atoms with Crippen LogP contribution in [-0.4, -0.2) is 10.4 Å². The predicted octanol–water partition coefficient (Wildman–Crippen LogP) is 5.21. The molecule has 0 radical (unpaired) electrons. The number of aliphatic hydroxyl groups is 1. The average molecular weight is 362 g/mol. The monoisotopic (exact) mass is 360 g/mol. The van der Waals surface area contributed by atoms with E-state index in [1.165, 1.54) is 0 Å². The lowest BCUT2D eigenvalue weighted by atomic mass is 10.1. The Morgan fingerprint density at radius 1 is 1.05 bits per heavy atom. The first-order valence-electron chi connectivity index (χ1n) is 5.57. The molecule has 100 valence electrons. The standard InChI is InChI=1S/C14H11BrCl2O2/c15-8-14(18)12-6-5-11(7-13(12)17)19-10-3-1-9(16)2-4-10/h1-7,14,18H,8H2. The van der Waals surface area contributed by atoms with Gasteiger partial charge in [0.15, 0.2) is 0 Å². The van der Waals surface area contributed by atoms with Gasteiger partial charge in [0.25, 0.3) is 0 Å². The maximum Gasteiger partial charge on any atom is 0.128 e. The molecule has 0 aliphatic rings. The summed E-state index contributed by atoms with van der Waals surface area (Å²) in [7, 11) is 0. The number of halogens is 3. The molecule has 0 amide bonds. The van der Waals surface area contributed by atoms with Gasteiger partial charge in [-0.2, -0.15) is 0 Å². The molecule has 0 bridgehead atoms. The normalized spacial score (nSPS) is 12.2. The van der Waals surface area contributed by atoms with E-state index in [-0.39, 0.29) is 0 Å². The third kappa shape index (κ3) is 3.86. The molecule has 1 unspecified atom stereocenters. The largest absolute Gasteiger partial charge is 0.457 e. The van der Waals surface area contributed by atoms with E-state index in [4.69, 9.17) is 27.9 Å². The van der Waals surface area contributed by atoms with Crippen LogP contribution in [0.3, 0.4) is 0 Å². The van der Waals surface area contributed by atoms with Crippen molar-refractivity contribution < 1.29 is 9.84 Å². The van der Waals surface area contributed by atoms with Crippen molar-refractivity contribution in [3.05, 3.63) is 58.1 Å². The van der Waals surface area contributed by atoms with E-state index >= 15 is 0 Å². The second-order valence-electron chi connectivity index (χ2n) is 3.91. The molecular weight excluding hydrogens is 351 g/mol. The first kappa shape index (κ1) is 14.7. The summed E-state index contributed by atoms with van der Waals surface area (Å²) in [5.41, 5.74) is 0.669. The van der Waals surface area contributed by atoms with Gasteiger partial charge in [-0.25, -0.2) is 0 Å². The van der Waals surface area contributed by atoms with Crippen LogP contribution >= 0.6 is 39.1 Å². The minimum absolute atomic E-state index is 0.435. The topological polar surface area (TPSA) is 29.5 Å². The number of hydrogen-bond acceptors (Lipinski definition) is 2. The molecule has 0 aromatic heterocycles. The number of alkyl halides is 1. The quantitative estimate of drug-likeness (QED) is 0.757. The fraction of sp³-hybridized carbons (Fsp3) is 0.143. The Morgan fingerprint density at radius 2 is 1.68 bits per heavy atom. The molecule has 0 saturated heterocycles. The Hall–Kier alpha value is -0.740. The summed E-state index contributed by atoms with van der Waals surface area (Å²) in [4.78, 5) is 0. The van der Waals surface area contributed by atoms with Crippen molar-refractivity contribution in [2.45, 2.75) is 6.10 Å². The van der Waals surface area contributed by atoms with Crippen molar-refractivity contribution in [3.63, 3.8) is 0 Å². The molecule has 2 aromatic rings. The van der Waals surface area contributed by atoms with Gasteiger partial charge in [0.05, 0.1) is 11.1 Å². The van der Waals surface area contributed by atoms with Crippen LogP contribution in [0.25, 0.3) is 0 Å². The number of rotatable bonds is 4. The maximum absolute atomic E-state index is 9.73. The first-order chi connectivity index (χ1) is 9.10. The molecule has 1 atom stereocenters. The molecule has 2 aromatic carbocycles. The van der Waals surface area contributed by atoms with E-state index in [1.54, 1.807) is 42.5 Å². The molecule has 0 heterocycles. The van der Waals surface area contributed by atoms with Gasteiger partial charge in [0, 0.05) is 15.9 Å². The fourth-order valence-electron chi connectivity index (χ4n) is 1.56. The van der Waals surface area contributed by atoms with Gasteiger partial charge in [-0.1, -0.05) is 45.2 Å². The highest BCUT2D eigenvalue weighted by atomic mass is 79.9. The Labute approximate surface area is 130 Å². The van der Waals surface area contributed by atoms with Crippen LogP contribution in [0.15, 0.2) is 42.5 Å². The highest BCUT2D eigenvalue weighted by Gasteiger charge is 2.11. The van der Waals surface area contributed by atoms with E-state index < -0.39 is 6.10 Å². The fourth-order valence-corrected chi connectivity index (χ4v) is 2.33. The Balaban J connectivity index is 2.18. The smallest absolute Gasteiger partial charge is 0.128 e. The SMILES string of the molecule is OC(CBr)c1ccc(Oc2ccc(Cl)cc2)cc1Cl. The lowest BCUT2D eigenvalue weighted by molar-refractivity contribution is 0.205. The van der Waals surface area contributed by atoms with Crippen molar-refractivity contribution in [1.82, 2.24) is 0 Å². The van der Waals surface area contributed by atoms with Crippen LogP contribution < -0.4 is 4.74 Å². The van der Waals surface area contributed by atoms with Crippen LogP contribution in [0.2, 0.25) is 10.0 Å². The Morgan fingerprint density at radius 3 is 2.26 bits per heavy atom. The van der Waals surface area contributed by atoms with E-state index in [1.807, 2.05) is 0 Å². The third-order valence-corrected chi connectivity index (χ3v) is 3.72. The van der Waals surface area contributed by atoms with E-state index in [2.05, 4.69) is 15.9 Å². The lowest BCUT2D eigenvalue weighted by Crippen LogP contribution is -1.99. The van der Waals surface area contributed by atoms with Gasteiger partial charge in [0.1, 0.15) is 11.5 Å². The average Bonchev–Trinajstić information content (AvgIpc) is 2.41. The molecule has 19 heavy (non-hydrogen) atoms. The zero-order valence-corrected chi connectivity index (χ0v) is 12.9. The van der Waals surface area contributed by atoms with Gasteiger partial charge in [0.2, 0.25) is 0 Å². The van der Waals surface area contributed by atoms with Crippen LogP contribution in [0.5, 0.6) is 11.5 Å². The number of hydrogen-bond donors (Lipinski definition) is 1. The van der Waals surface area contributed by atoms with Crippen molar-refractivity contribution in [1.29, 1.82) is 0 Å². The highest BCUT2D eigenvalue weighted by Crippen LogP contribution is 2.30. The van der Waals surface area contributed by atoms with Crippen molar-refractivity contribution in [2.24, 2.45) is 0 Å². The molecule has 0 saturated carbocycles. The van der Waals surface area contributed by atoms with Crippen LogP contribution in [0, 0.1) is 0 Å². The highest BCUT2D eigenvalue weighted by molar-refractivity contribution is 9.09. The molecule has 1 N–H and O–H groups in total. The summed E-state index contributed by atoms with van der Waals surface area (Å²) >= 11 is 15.1. The van der Waals surface area contributed by atoms with E-state index in [0.717, 1.165) is 0 Å². The second-order valence-corrected chi connectivity index (χ2v) is 5.40. The molecular formula is C14H11BrCl2O2. The van der Waals surface area contributed by atoms with Crippen molar-refractivity contribution >= 4 is 39.1 Å². The molecule has 2 rings (SSSR count). The summed E-state index contributed by atoms with van der Waals surface area (Å²) in [5, 5.41) is 11.3. The Kier molecular flexibility index (Phi) is 5.11. The Bertz CT molecular complexity index is 558. The van der Waals surface area contributed by atoms with Gasteiger partial charge in [-0.3, -0.25) is 0 Å². The molecule has 5 heteroatoms. The first-order valence-corrected chi connectivity index (χ1v) is 7.45. The second kappa shape index (κ2) is 6.62. The van der Waals surface area contributed by atoms with Gasteiger partial charge >= 0.3 is 0 Å². The van der Waals surface area contributed by atoms with Gasteiger partial charge in [-0.05, 0) is 36.4 Å². The zero-order chi connectivity index (χ0) is 13.8. The maximum atomic E-state index is 9.73. The summed E-state index contributed by atoms with van der Waals surface area (Å²) in [6.07, 6.45) is -0.628. The lowest BCUT2D eigenvalue weighted by Gasteiger charge is -2.12.